The molecule has 0 saturated carbocycles. The number of carboxylic acids is 1. The van der Waals surface area contributed by atoms with Crippen LogP contribution < -0.4 is 5.32 Å². The third-order valence-corrected chi connectivity index (χ3v) is 1.65. The maximum Gasteiger partial charge on any atom is 0.337 e. The Morgan fingerprint density at radius 3 is 2.67 bits per heavy atom. The molecule has 0 amide bonds. The highest BCUT2D eigenvalue weighted by atomic mass is 16.4. The molecular formula is C8H11NO3. The molecule has 1 heterocycles. The van der Waals surface area contributed by atoms with Crippen LogP contribution in [0.1, 0.15) is 13.8 Å². The van der Waals surface area contributed by atoms with E-state index in [4.69, 9.17) is 5.11 Å². The minimum atomic E-state index is -1.14. The smallest absolute Gasteiger partial charge is 0.337 e. The molecule has 0 bridgehead atoms. The molecule has 1 rings (SSSR count). The first-order valence-electron chi connectivity index (χ1n) is 3.56. The van der Waals surface area contributed by atoms with E-state index in [0.717, 1.165) is 0 Å². The van der Waals surface area contributed by atoms with Crippen molar-refractivity contribution in [2.45, 2.75) is 19.6 Å². The summed E-state index contributed by atoms with van der Waals surface area (Å²) in [6.45, 7) is 3.16. The van der Waals surface area contributed by atoms with Crippen molar-refractivity contribution in [3.63, 3.8) is 0 Å². The van der Waals surface area contributed by atoms with Gasteiger partial charge < -0.3 is 15.5 Å². The van der Waals surface area contributed by atoms with Crippen molar-refractivity contribution in [1.82, 2.24) is 5.32 Å². The lowest BCUT2D eigenvalue weighted by molar-refractivity contribution is -0.132. The Hall–Kier alpha value is -1.29. The van der Waals surface area contributed by atoms with Gasteiger partial charge in [-0.15, -0.1) is 0 Å². The van der Waals surface area contributed by atoms with Crippen molar-refractivity contribution in [3.05, 3.63) is 23.4 Å². The van der Waals surface area contributed by atoms with Crippen LogP contribution >= 0.6 is 0 Å². The van der Waals surface area contributed by atoms with Crippen LogP contribution in [0.4, 0.5) is 0 Å². The van der Waals surface area contributed by atoms with E-state index in [1.54, 1.807) is 13.8 Å². The molecular weight excluding hydrogens is 158 g/mol. The summed E-state index contributed by atoms with van der Waals surface area (Å²) in [4.78, 5) is 10.5. The largest absolute Gasteiger partial charge is 0.478 e. The van der Waals surface area contributed by atoms with Gasteiger partial charge in [0.2, 0.25) is 0 Å². The van der Waals surface area contributed by atoms with Crippen LogP contribution in [0.25, 0.3) is 0 Å². The van der Waals surface area contributed by atoms with E-state index >= 15 is 0 Å². The molecule has 0 fully saturated rings. The molecule has 0 aromatic carbocycles. The molecule has 4 nitrogen and oxygen atoms in total. The second-order valence-electron chi connectivity index (χ2n) is 2.95. The molecule has 0 aromatic rings. The van der Waals surface area contributed by atoms with Gasteiger partial charge in [0.1, 0.15) is 0 Å². The van der Waals surface area contributed by atoms with E-state index < -0.39 is 11.7 Å². The van der Waals surface area contributed by atoms with Gasteiger partial charge in [-0.2, -0.15) is 0 Å². The van der Waals surface area contributed by atoms with Gasteiger partial charge in [0.25, 0.3) is 0 Å². The van der Waals surface area contributed by atoms with Crippen molar-refractivity contribution < 1.29 is 15.0 Å². The quantitative estimate of drug-likeness (QED) is 0.525. The van der Waals surface area contributed by atoms with Crippen molar-refractivity contribution in [1.29, 1.82) is 0 Å². The standard InChI is InChI=1S/C8H11NO3/c1-5-6(7(10)11)3-4-8(2,12)9-5/h3-4,9,12H,1-2H3,(H,10,11). The van der Waals surface area contributed by atoms with Gasteiger partial charge in [0.05, 0.1) is 5.57 Å². The van der Waals surface area contributed by atoms with E-state index in [-0.39, 0.29) is 5.57 Å². The molecule has 12 heavy (non-hydrogen) atoms. The summed E-state index contributed by atoms with van der Waals surface area (Å²) in [6.07, 6.45) is 2.80. The first kappa shape index (κ1) is 8.80. The van der Waals surface area contributed by atoms with Crippen LogP contribution in [0.3, 0.4) is 0 Å². The average Bonchev–Trinajstić information content (AvgIpc) is 1.83. The second kappa shape index (κ2) is 2.64. The molecule has 0 radical (unpaired) electrons. The summed E-state index contributed by atoms with van der Waals surface area (Å²) in [5, 5.41) is 20.7. The molecule has 1 unspecified atom stereocenters. The van der Waals surface area contributed by atoms with Crippen LogP contribution in [0.2, 0.25) is 0 Å². The lowest BCUT2D eigenvalue weighted by Crippen LogP contribution is -2.41. The Morgan fingerprint density at radius 2 is 2.25 bits per heavy atom. The normalized spacial score (nSPS) is 28.6. The molecule has 1 aliphatic heterocycles. The number of dihydropyridines is 1. The topological polar surface area (TPSA) is 69.6 Å². The number of carboxylic acid groups (broad SMARTS) is 1. The number of aliphatic hydroxyl groups is 1. The minimum Gasteiger partial charge on any atom is -0.478 e. The van der Waals surface area contributed by atoms with E-state index in [2.05, 4.69) is 5.32 Å². The highest BCUT2D eigenvalue weighted by Crippen LogP contribution is 2.16. The zero-order chi connectivity index (χ0) is 9.35. The minimum absolute atomic E-state index is 0.182. The third kappa shape index (κ3) is 1.65. The number of allylic oxidation sites excluding steroid dienone is 1. The number of rotatable bonds is 1. The van der Waals surface area contributed by atoms with Gasteiger partial charge in [0, 0.05) is 5.70 Å². The zero-order valence-corrected chi connectivity index (χ0v) is 6.96. The molecule has 66 valence electrons. The number of hydrogen-bond donors (Lipinski definition) is 3. The van der Waals surface area contributed by atoms with Crippen LogP contribution in [0.15, 0.2) is 23.4 Å². The average molecular weight is 169 g/mol. The fourth-order valence-electron chi connectivity index (χ4n) is 1.09. The molecule has 1 aliphatic rings. The predicted molar refractivity (Wildman–Crippen MR) is 43.2 cm³/mol. The van der Waals surface area contributed by atoms with E-state index in [1.165, 1.54) is 12.2 Å². The van der Waals surface area contributed by atoms with Gasteiger partial charge in [-0.05, 0) is 26.0 Å². The van der Waals surface area contributed by atoms with Crippen LogP contribution in [-0.4, -0.2) is 21.9 Å². The van der Waals surface area contributed by atoms with Crippen LogP contribution in [0, 0.1) is 0 Å². The molecule has 4 heteroatoms. The molecule has 0 aromatic heterocycles. The first-order valence-corrected chi connectivity index (χ1v) is 3.56. The van der Waals surface area contributed by atoms with Crippen molar-refractivity contribution in [3.8, 4) is 0 Å². The summed E-state index contributed by atoms with van der Waals surface area (Å²) >= 11 is 0. The molecule has 0 aliphatic carbocycles. The molecule has 3 N–H and O–H groups in total. The highest BCUT2D eigenvalue weighted by molar-refractivity contribution is 5.91. The Kier molecular flexibility index (Phi) is 1.94. The summed E-state index contributed by atoms with van der Waals surface area (Å²) in [7, 11) is 0. The highest BCUT2D eigenvalue weighted by Gasteiger charge is 2.23. The van der Waals surface area contributed by atoms with Gasteiger partial charge in [-0.3, -0.25) is 0 Å². The zero-order valence-electron chi connectivity index (χ0n) is 6.96. The first-order chi connectivity index (χ1) is 5.42. The Bertz CT molecular complexity index is 276. The second-order valence-corrected chi connectivity index (χ2v) is 2.95. The summed E-state index contributed by atoms with van der Waals surface area (Å²) in [5.41, 5.74) is -0.486. The summed E-state index contributed by atoms with van der Waals surface area (Å²) in [5.74, 6) is -0.994. The third-order valence-electron chi connectivity index (χ3n) is 1.65. The van der Waals surface area contributed by atoms with Crippen LogP contribution in [0.5, 0.6) is 0 Å². The fraction of sp³-hybridized carbons (Fsp3) is 0.375. The lowest BCUT2D eigenvalue weighted by Gasteiger charge is -2.26. The summed E-state index contributed by atoms with van der Waals surface area (Å²) < 4.78 is 0. The Morgan fingerprint density at radius 1 is 1.67 bits per heavy atom. The van der Waals surface area contributed by atoms with E-state index in [9.17, 15) is 9.90 Å². The van der Waals surface area contributed by atoms with Crippen molar-refractivity contribution >= 4 is 5.97 Å². The lowest BCUT2D eigenvalue weighted by atomic mass is 10.1. The molecule has 0 spiro atoms. The monoisotopic (exact) mass is 169 g/mol. The number of hydrogen-bond acceptors (Lipinski definition) is 3. The fourth-order valence-corrected chi connectivity index (χ4v) is 1.09. The Balaban J connectivity index is 2.95. The maximum absolute atomic E-state index is 10.5. The van der Waals surface area contributed by atoms with Gasteiger partial charge >= 0.3 is 5.97 Å². The molecule has 1 atom stereocenters. The summed E-state index contributed by atoms with van der Waals surface area (Å²) in [6, 6.07) is 0. The molecule has 0 saturated heterocycles. The predicted octanol–water partition coefficient (Wildman–Crippen LogP) is 0.213. The van der Waals surface area contributed by atoms with Gasteiger partial charge in [-0.25, -0.2) is 4.79 Å². The number of nitrogens with one attached hydrogen (secondary N) is 1. The van der Waals surface area contributed by atoms with Gasteiger partial charge in [0.15, 0.2) is 5.72 Å². The Labute approximate surface area is 70.2 Å². The maximum atomic E-state index is 10.5. The van der Waals surface area contributed by atoms with Crippen molar-refractivity contribution in [2.75, 3.05) is 0 Å². The van der Waals surface area contributed by atoms with Gasteiger partial charge in [-0.1, -0.05) is 0 Å². The SMILES string of the molecule is CC1=C(C(=O)O)C=CC(C)(O)N1. The number of aliphatic carboxylic acids is 1. The number of carbonyl (C=O) groups is 1. The van der Waals surface area contributed by atoms with E-state index in [0.29, 0.717) is 5.70 Å². The van der Waals surface area contributed by atoms with Crippen molar-refractivity contribution in [2.24, 2.45) is 0 Å². The van der Waals surface area contributed by atoms with Crippen LogP contribution in [-0.2, 0) is 4.79 Å². The van der Waals surface area contributed by atoms with E-state index in [1.807, 2.05) is 0 Å².